The van der Waals surface area contributed by atoms with Gasteiger partial charge < -0.3 is 20.2 Å². The van der Waals surface area contributed by atoms with Crippen molar-refractivity contribution in [1.82, 2.24) is 0 Å². The van der Waals surface area contributed by atoms with Crippen LogP contribution in [0.25, 0.3) is 0 Å². The molecule has 0 spiro atoms. The van der Waals surface area contributed by atoms with Crippen LogP contribution in [0.1, 0.15) is 49.9 Å². The Morgan fingerprint density at radius 1 is 1.27 bits per heavy atom. The van der Waals surface area contributed by atoms with E-state index in [2.05, 4.69) is 13.8 Å². The lowest BCUT2D eigenvalue weighted by Crippen LogP contribution is -2.52. The first kappa shape index (κ1) is 20.2. The van der Waals surface area contributed by atoms with Crippen LogP contribution >= 0.6 is 0 Å². The molecule has 1 heterocycles. The van der Waals surface area contributed by atoms with Gasteiger partial charge in [-0.15, -0.1) is 0 Å². The maximum absolute atomic E-state index is 12.6. The fourth-order valence-corrected chi connectivity index (χ4v) is 3.73. The number of carbonyl (C=O) groups is 2. The van der Waals surface area contributed by atoms with Crippen LogP contribution in [-0.2, 0) is 4.79 Å². The quantitative estimate of drug-likeness (QED) is 0.651. The molecule has 1 fully saturated rings. The largest absolute Gasteiger partial charge is 0.478 e. The zero-order valence-corrected chi connectivity index (χ0v) is 15.6. The number of aliphatic hydroxyl groups excluding tert-OH is 2. The minimum Gasteiger partial charge on any atom is -0.478 e. The van der Waals surface area contributed by atoms with Crippen molar-refractivity contribution in [3.8, 4) is 0 Å². The maximum atomic E-state index is 12.6. The van der Waals surface area contributed by atoms with Crippen molar-refractivity contribution >= 4 is 23.3 Å². The van der Waals surface area contributed by atoms with E-state index in [0.29, 0.717) is 17.8 Å². The summed E-state index contributed by atoms with van der Waals surface area (Å²) in [5.74, 6) is -1.23. The molecular formula is C19H28N2O5. The SMILES string of the molecule is CCC(CC)N(C)c1cc(C(=O)O)ccc1N1C(=O)CCC1(CO)CO. The van der Waals surface area contributed by atoms with Crippen LogP contribution in [-0.4, -0.2) is 59.0 Å². The molecule has 0 aliphatic carbocycles. The van der Waals surface area contributed by atoms with E-state index in [1.165, 1.54) is 11.0 Å². The molecule has 3 N–H and O–H groups in total. The van der Waals surface area contributed by atoms with E-state index in [9.17, 15) is 24.9 Å². The Morgan fingerprint density at radius 2 is 1.88 bits per heavy atom. The Hall–Kier alpha value is -2.12. The normalized spacial score (nSPS) is 16.4. The number of carboxylic acid groups (broad SMARTS) is 1. The van der Waals surface area contributed by atoms with E-state index in [4.69, 9.17) is 0 Å². The van der Waals surface area contributed by atoms with Crippen LogP contribution in [0.5, 0.6) is 0 Å². The lowest BCUT2D eigenvalue weighted by atomic mass is 9.97. The second-order valence-corrected chi connectivity index (χ2v) is 6.86. The number of hydrogen-bond acceptors (Lipinski definition) is 5. The molecule has 7 nitrogen and oxygen atoms in total. The first-order chi connectivity index (χ1) is 12.3. The number of anilines is 2. The predicted molar refractivity (Wildman–Crippen MR) is 99.8 cm³/mol. The van der Waals surface area contributed by atoms with Crippen molar-refractivity contribution in [2.45, 2.75) is 51.1 Å². The summed E-state index contributed by atoms with van der Waals surface area (Å²) in [6.45, 7) is 3.39. The minimum atomic E-state index is -1.06. The molecule has 144 valence electrons. The van der Waals surface area contributed by atoms with Crippen molar-refractivity contribution in [2.24, 2.45) is 0 Å². The third-order valence-corrected chi connectivity index (χ3v) is 5.45. The van der Waals surface area contributed by atoms with E-state index in [-0.39, 0.29) is 37.1 Å². The molecule has 1 aliphatic heterocycles. The number of nitrogens with zero attached hydrogens (tertiary/aromatic N) is 2. The highest BCUT2D eigenvalue weighted by molar-refractivity contribution is 6.02. The molecule has 1 aromatic rings. The number of rotatable bonds is 8. The van der Waals surface area contributed by atoms with Gasteiger partial charge in [-0.05, 0) is 37.5 Å². The summed E-state index contributed by atoms with van der Waals surface area (Å²) < 4.78 is 0. The fraction of sp³-hybridized carbons (Fsp3) is 0.579. The molecule has 0 radical (unpaired) electrons. The van der Waals surface area contributed by atoms with Crippen molar-refractivity contribution in [3.05, 3.63) is 23.8 Å². The third kappa shape index (κ3) is 3.41. The molecule has 0 bridgehead atoms. The van der Waals surface area contributed by atoms with E-state index in [1.807, 2.05) is 11.9 Å². The van der Waals surface area contributed by atoms with Gasteiger partial charge in [0.05, 0.1) is 35.7 Å². The van der Waals surface area contributed by atoms with Gasteiger partial charge in [-0.1, -0.05) is 13.8 Å². The number of hydrogen-bond donors (Lipinski definition) is 3. The molecule has 1 amide bonds. The number of amides is 1. The van der Waals surface area contributed by atoms with Crippen LogP contribution in [0, 0.1) is 0 Å². The van der Waals surface area contributed by atoms with E-state index in [0.717, 1.165) is 12.8 Å². The van der Waals surface area contributed by atoms with Crippen LogP contribution in [0.3, 0.4) is 0 Å². The molecular weight excluding hydrogens is 336 g/mol. The van der Waals surface area contributed by atoms with Gasteiger partial charge in [-0.25, -0.2) is 4.79 Å². The van der Waals surface area contributed by atoms with Crippen LogP contribution in [0.2, 0.25) is 0 Å². The summed E-state index contributed by atoms with van der Waals surface area (Å²) in [4.78, 5) is 27.5. The predicted octanol–water partition coefficient (Wildman–Crippen LogP) is 1.86. The summed E-state index contributed by atoms with van der Waals surface area (Å²) in [6.07, 6.45) is 2.31. The minimum absolute atomic E-state index is 0.131. The smallest absolute Gasteiger partial charge is 0.335 e. The van der Waals surface area contributed by atoms with Crippen molar-refractivity contribution in [1.29, 1.82) is 0 Å². The molecule has 0 aromatic heterocycles. The molecule has 1 aromatic carbocycles. The molecule has 2 rings (SSSR count). The summed E-state index contributed by atoms with van der Waals surface area (Å²) in [5, 5.41) is 29.1. The maximum Gasteiger partial charge on any atom is 0.335 e. The van der Waals surface area contributed by atoms with Gasteiger partial charge in [-0.3, -0.25) is 9.69 Å². The van der Waals surface area contributed by atoms with Gasteiger partial charge in [0.25, 0.3) is 0 Å². The second kappa shape index (κ2) is 8.05. The van der Waals surface area contributed by atoms with Gasteiger partial charge >= 0.3 is 5.97 Å². The van der Waals surface area contributed by atoms with E-state index in [1.54, 1.807) is 12.1 Å². The first-order valence-corrected chi connectivity index (χ1v) is 9.00. The number of aromatic carboxylic acids is 1. The zero-order chi connectivity index (χ0) is 19.5. The third-order valence-electron chi connectivity index (χ3n) is 5.45. The summed E-state index contributed by atoms with van der Waals surface area (Å²) in [7, 11) is 1.88. The van der Waals surface area contributed by atoms with Gasteiger partial charge in [-0.2, -0.15) is 0 Å². The highest BCUT2D eigenvalue weighted by Gasteiger charge is 2.46. The Morgan fingerprint density at radius 3 is 2.38 bits per heavy atom. The molecule has 0 atom stereocenters. The van der Waals surface area contributed by atoms with Crippen LogP contribution < -0.4 is 9.80 Å². The standard InChI is InChI=1S/C19H28N2O5/c1-4-14(5-2)20(3)16-10-13(18(25)26)6-7-15(16)21-17(24)8-9-19(21,11-22)12-23/h6-7,10,14,22-23H,4-5,8-9,11-12H2,1-3H3,(H,25,26). The molecule has 1 saturated heterocycles. The monoisotopic (exact) mass is 364 g/mol. The molecule has 0 saturated carbocycles. The summed E-state index contributed by atoms with van der Waals surface area (Å²) >= 11 is 0. The van der Waals surface area contributed by atoms with Gasteiger partial charge in [0.2, 0.25) is 5.91 Å². The van der Waals surface area contributed by atoms with Crippen LogP contribution in [0.15, 0.2) is 18.2 Å². The number of benzene rings is 1. The summed E-state index contributed by atoms with van der Waals surface area (Å²) in [5.41, 5.74) is 0.202. The zero-order valence-electron chi connectivity index (χ0n) is 15.6. The number of carboxylic acids is 1. The Bertz CT molecular complexity index is 668. The van der Waals surface area contributed by atoms with Crippen molar-refractivity contribution in [3.63, 3.8) is 0 Å². The lowest BCUT2D eigenvalue weighted by molar-refractivity contribution is -0.117. The average Bonchev–Trinajstić information content (AvgIpc) is 2.98. The highest BCUT2D eigenvalue weighted by Crippen LogP contribution is 2.41. The number of carbonyl (C=O) groups excluding carboxylic acids is 1. The van der Waals surface area contributed by atoms with Crippen molar-refractivity contribution in [2.75, 3.05) is 30.1 Å². The van der Waals surface area contributed by atoms with E-state index >= 15 is 0 Å². The number of aliphatic hydroxyl groups is 2. The molecule has 1 aliphatic rings. The lowest BCUT2D eigenvalue weighted by Gasteiger charge is -2.39. The topological polar surface area (TPSA) is 101 Å². The second-order valence-electron chi connectivity index (χ2n) is 6.86. The summed E-state index contributed by atoms with van der Waals surface area (Å²) in [6, 6.07) is 4.78. The Kier molecular flexibility index (Phi) is 6.26. The van der Waals surface area contributed by atoms with Crippen molar-refractivity contribution < 1.29 is 24.9 Å². The molecule has 26 heavy (non-hydrogen) atoms. The molecule has 0 unspecified atom stereocenters. The Balaban J connectivity index is 2.63. The van der Waals surface area contributed by atoms with Gasteiger partial charge in [0.1, 0.15) is 0 Å². The van der Waals surface area contributed by atoms with Crippen LogP contribution in [0.4, 0.5) is 11.4 Å². The highest BCUT2D eigenvalue weighted by atomic mass is 16.4. The van der Waals surface area contributed by atoms with Gasteiger partial charge in [0.15, 0.2) is 0 Å². The van der Waals surface area contributed by atoms with E-state index < -0.39 is 11.5 Å². The first-order valence-electron chi connectivity index (χ1n) is 9.00. The van der Waals surface area contributed by atoms with Gasteiger partial charge in [0, 0.05) is 19.5 Å². The molecule has 7 heteroatoms. The fourth-order valence-electron chi connectivity index (χ4n) is 3.73. The Labute approximate surface area is 153 Å². The average molecular weight is 364 g/mol.